The number of hydrogen-bond acceptors (Lipinski definition) is 5. The number of aryl methyl sites for hydroxylation is 1. The van der Waals surface area contributed by atoms with Crippen LogP contribution in [-0.2, 0) is 23.1 Å². The topological polar surface area (TPSA) is 89.2 Å². The highest BCUT2D eigenvalue weighted by Crippen LogP contribution is 2.19. The summed E-state index contributed by atoms with van der Waals surface area (Å²) in [7, 11) is -1.75. The van der Waals surface area contributed by atoms with Crippen molar-refractivity contribution in [1.29, 1.82) is 0 Å². The van der Waals surface area contributed by atoms with Gasteiger partial charge in [0.2, 0.25) is 10.0 Å². The highest BCUT2D eigenvalue weighted by molar-refractivity contribution is 7.89. The van der Waals surface area contributed by atoms with E-state index in [1.54, 1.807) is 24.6 Å². The summed E-state index contributed by atoms with van der Waals surface area (Å²) in [6.07, 6.45) is 3.02. The number of likely N-dealkylation sites (N-methyl/N-ethyl adjacent to an activating group) is 1. The molecule has 2 heterocycles. The maximum atomic E-state index is 12.4. The zero-order valence-electron chi connectivity index (χ0n) is 12.4. The average molecular weight is 312 g/mol. The standard InChI is InChI=1S/C13H20N4O3S/c1-10-13(11(2)17(16-10)6-5-14-3)21(18,19)15-8-12-4-7-20-9-12/h4,7,9,14-15H,5-6,8H2,1-3H3. The number of aromatic nitrogens is 2. The summed E-state index contributed by atoms with van der Waals surface area (Å²) in [5.74, 6) is 0. The summed E-state index contributed by atoms with van der Waals surface area (Å²) in [6.45, 7) is 5.01. The third kappa shape index (κ3) is 3.52. The van der Waals surface area contributed by atoms with Gasteiger partial charge in [-0.3, -0.25) is 4.68 Å². The lowest BCUT2D eigenvalue weighted by molar-refractivity contribution is 0.559. The van der Waals surface area contributed by atoms with Crippen LogP contribution in [0.1, 0.15) is 17.0 Å². The summed E-state index contributed by atoms with van der Waals surface area (Å²) in [5.41, 5.74) is 1.92. The van der Waals surface area contributed by atoms with E-state index in [-0.39, 0.29) is 11.4 Å². The molecule has 21 heavy (non-hydrogen) atoms. The Morgan fingerprint density at radius 1 is 1.38 bits per heavy atom. The molecule has 0 fully saturated rings. The number of furan rings is 1. The van der Waals surface area contributed by atoms with Gasteiger partial charge in [-0.25, -0.2) is 13.1 Å². The molecular formula is C13H20N4O3S. The van der Waals surface area contributed by atoms with E-state index in [2.05, 4.69) is 15.1 Å². The monoisotopic (exact) mass is 312 g/mol. The largest absolute Gasteiger partial charge is 0.472 e. The molecular weight excluding hydrogens is 292 g/mol. The minimum absolute atomic E-state index is 0.194. The minimum atomic E-state index is -3.60. The Morgan fingerprint density at radius 3 is 2.76 bits per heavy atom. The van der Waals surface area contributed by atoms with Crippen LogP contribution in [0.15, 0.2) is 27.9 Å². The van der Waals surface area contributed by atoms with Crippen molar-refractivity contribution in [3.8, 4) is 0 Å². The number of sulfonamides is 1. The third-order valence-electron chi connectivity index (χ3n) is 3.20. The molecule has 0 radical (unpaired) electrons. The van der Waals surface area contributed by atoms with Crippen molar-refractivity contribution < 1.29 is 12.8 Å². The normalized spacial score (nSPS) is 12.0. The molecule has 0 aromatic carbocycles. The van der Waals surface area contributed by atoms with Crippen LogP contribution in [0.3, 0.4) is 0 Å². The van der Waals surface area contributed by atoms with Crippen LogP contribution in [0.25, 0.3) is 0 Å². The second-order valence-electron chi connectivity index (χ2n) is 4.78. The first-order valence-corrected chi connectivity index (χ1v) is 8.13. The van der Waals surface area contributed by atoms with Gasteiger partial charge >= 0.3 is 0 Å². The van der Waals surface area contributed by atoms with E-state index in [1.165, 1.54) is 12.5 Å². The highest BCUT2D eigenvalue weighted by atomic mass is 32.2. The Morgan fingerprint density at radius 2 is 2.14 bits per heavy atom. The molecule has 0 amide bonds. The maximum absolute atomic E-state index is 12.4. The molecule has 116 valence electrons. The van der Waals surface area contributed by atoms with Crippen LogP contribution in [0.5, 0.6) is 0 Å². The summed E-state index contributed by atoms with van der Waals surface area (Å²) in [4.78, 5) is 0.252. The molecule has 2 aromatic heterocycles. The fourth-order valence-electron chi connectivity index (χ4n) is 2.15. The SMILES string of the molecule is CNCCn1nc(C)c(S(=O)(=O)NCc2ccoc2)c1C. The molecule has 0 atom stereocenters. The fourth-order valence-corrected chi connectivity index (χ4v) is 3.57. The highest BCUT2D eigenvalue weighted by Gasteiger charge is 2.24. The lowest BCUT2D eigenvalue weighted by Crippen LogP contribution is -2.24. The zero-order chi connectivity index (χ0) is 15.5. The molecule has 0 bridgehead atoms. The van der Waals surface area contributed by atoms with Gasteiger partial charge < -0.3 is 9.73 Å². The smallest absolute Gasteiger partial charge is 0.244 e. The molecule has 0 saturated heterocycles. The van der Waals surface area contributed by atoms with Gasteiger partial charge in [-0.1, -0.05) is 0 Å². The van der Waals surface area contributed by atoms with Crippen LogP contribution in [0, 0.1) is 13.8 Å². The van der Waals surface area contributed by atoms with E-state index in [0.29, 0.717) is 17.9 Å². The summed E-state index contributed by atoms with van der Waals surface area (Å²) in [5, 5.41) is 7.32. The molecule has 2 rings (SSSR count). The fraction of sp³-hybridized carbons (Fsp3) is 0.462. The first kappa shape index (κ1) is 15.7. The van der Waals surface area contributed by atoms with Crippen molar-refractivity contribution in [1.82, 2.24) is 19.8 Å². The zero-order valence-corrected chi connectivity index (χ0v) is 13.2. The van der Waals surface area contributed by atoms with Crippen molar-refractivity contribution in [3.63, 3.8) is 0 Å². The molecule has 0 unspecified atom stereocenters. The second kappa shape index (κ2) is 6.42. The first-order chi connectivity index (χ1) is 9.95. The Bertz CT molecular complexity index is 689. The van der Waals surface area contributed by atoms with Crippen LogP contribution >= 0.6 is 0 Å². The van der Waals surface area contributed by atoms with E-state index in [1.807, 2.05) is 7.05 Å². The van der Waals surface area contributed by atoms with E-state index in [9.17, 15) is 8.42 Å². The van der Waals surface area contributed by atoms with Gasteiger partial charge in [-0.2, -0.15) is 5.10 Å². The van der Waals surface area contributed by atoms with Gasteiger partial charge in [0.1, 0.15) is 4.90 Å². The number of rotatable bonds is 7. The van der Waals surface area contributed by atoms with Crippen molar-refractivity contribution in [2.75, 3.05) is 13.6 Å². The molecule has 0 spiro atoms. The minimum Gasteiger partial charge on any atom is -0.472 e. The van der Waals surface area contributed by atoms with Crippen LogP contribution < -0.4 is 10.0 Å². The van der Waals surface area contributed by atoms with Crippen molar-refractivity contribution in [2.24, 2.45) is 0 Å². The predicted octanol–water partition coefficient (Wildman–Crippen LogP) is 0.791. The summed E-state index contributed by atoms with van der Waals surface area (Å²) in [6, 6.07) is 1.72. The van der Waals surface area contributed by atoms with E-state index < -0.39 is 10.0 Å². The Balaban J connectivity index is 2.21. The third-order valence-corrected chi connectivity index (χ3v) is 4.86. The summed E-state index contributed by atoms with van der Waals surface area (Å²) >= 11 is 0. The number of hydrogen-bond donors (Lipinski definition) is 2. The maximum Gasteiger partial charge on any atom is 0.244 e. The van der Waals surface area contributed by atoms with Gasteiger partial charge in [0, 0.05) is 18.7 Å². The van der Waals surface area contributed by atoms with Gasteiger partial charge in [0.25, 0.3) is 0 Å². The second-order valence-corrected chi connectivity index (χ2v) is 6.49. The lowest BCUT2D eigenvalue weighted by Gasteiger charge is -2.07. The molecule has 0 aliphatic carbocycles. The molecule has 7 nitrogen and oxygen atoms in total. The van der Waals surface area contributed by atoms with Crippen LogP contribution in [-0.4, -0.2) is 31.8 Å². The van der Waals surface area contributed by atoms with E-state index in [0.717, 1.165) is 12.1 Å². The van der Waals surface area contributed by atoms with Crippen molar-refractivity contribution in [2.45, 2.75) is 31.8 Å². The van der Waals surface area contributed by atoms with Crippen molar-refractivity contribution >= 4 is 10.0 Å². The van der Waals surface area contributed by atoms with Gasteiger partial charge in [0.15, 0.2) is 0 Å². The summed E-state index contributed by atoms with van der Waals surface area (Å²) < 4.78 is 34.1. The Labute approximate surface area is 124 Å². The molecule has 0 aliphatic heterocycles. The molecule has 0 aliphatic rings. The first-order valence-electron chi connectivity index (χ1n) is 6.65. The van der Waals surface area contributed by atoms with Crippen LogP contribution in [0.2, 0.25) is 0 Å². The predicted molar refractivity (Wildman–Crippen MR) is 78.4 cm³/mol. The number of nitrogens with one attached hydrogen (secondary N) is 2. The molecule has 8 heteroatoms. The molecule has 2 N–H and O–H groups in total. The molecule has 0 saturated carbocycles. The number of nitrogens with zero attached hydrogens (tertiary/aromatic N) is 2. The Hall–Kier alpha value is -1.64. The quantitative estimate of drug-likeness (QED) is 0.789. The van der Waals surface area contributed by atoms with Gasteiger partial charge in [-0.15, -0.1) is 0 Å². The van der Waals surface area contributed by atoms with Gasteiger partial charge in [0.05, 0.1) is 30.5 Å². The van der Waals surface area contributed by atoms with E-state index >= 15 is 0 Å². The van der Waals surface area contributed by atoms with Crippen LogP contribution in [0.4, 0.5) is 0 Å². The average Bonchev–Trinajstić information content (AvgIpc) is 3.03. The van der Waals surface area contributed by atoms with Crippen molar-refractivity contribution in [3.05, 3.63) is 35.5 Å². The Kier molecular flexibility index (Phi) is 4.81. The lowest BCUT2D eigenvalue weighted by atomic mass is 10.4. The molecule has 2 aromatic rings. The van der Waals surface area contributed by atoms with Gasteiger partial charge in [-0.05, 0) is 27.0 Å². The van der Waals surface area contributed by atoms with E-state index in [4.69, 9.17) is 4.42 Å².